The van der Waals surface area contributed by atoms with Gasteiger partial charge in [-0.1, -0.05) is 24.3 Å². The Morgan fingerprint density at radius 1 is 0.600 bits per heavy atom. The molecule has 0 aliphatic rings. The van der Waals surface area contributed by atoms with Crippen LogP contribution < -0.4 is 0 Å². The summed E-state index contributed by atoms with van der Waals surface area (Å²) in [7, 11) is 0. The van der Waals surface area contributed by atoms with Gasteiger partial charge < -0.3 is 0 Å². The van der Waals surface area contributed by atoms with Crippen LogP contribution in [0, 0.1) is 29.1 Å². The molecule has 0 heterocycles. The van der Waals surface area contributed by atoms with Crippen molar-refractivity contribution in [1.29, 1.82) is 0 Å². The number of carbonyl (C=O) groups excluding carboxylic acids is 1. The third-order valence-electron chi connectivity index (χ3n) is 3.70. The van der Waals surface area contributed by atoms with E-state index in [2.05, 4.69) is 0 Å². The van der Waals surface area contributed by atoms with Crippen LogP contribution in [0.15, 0.2) is 48.5 Å². The Morgan fingerprint density at radius 3 is 1.68 bits per heavy atom. The average molecular weight is 348 g/mol. The van der Waals surface area contributed by atoms with Gasteiger partial charge in [0.15, 0.2) is 17.5 Å². The van der Waals surface area contributed by atoms with Crippen molar-refractivity contribution in [1.82, 2.24) is 0 Å². The Morgan fingerprint density at radius 2 is 1.12 bits per heavy atom. The van der Waals surface area contributed by atoms with Crippen LogP contribution in [0.4, 0.5) is 22.0 Å². The van der Waals surface area contributed by atoms with E-state index in [0.717, 1.165) is 12.1 Å². The van der Waals surface area contributed by atoms with Gasteiger partial charge in [0.05, 0.1) is 0 Å². The molecule has 0 aliphatic carbocycles. The molecule has 126 valence electrons. The number of carbonyl (C=O) groups is 1. The lowest BCUT2D eigenvalue weighted by atomic mass is 9.98. The SMILES string of the molecule is O=Cc1ccc(-c2ccc(-c3cc(F)c(F)c(F)c3)c(F)c2)c(F)c1. The maximum atomic E-state index is 14.3. The van der Waals surface area contributed by atoms with Gasteiger partial charge in [-0.3, -0.25) is 4.79 Å². The van der Waals surface area contributed by atoms with E-state index < -0.39 is 29.1 Å². The van der Waals surface area contributed by atoms with Crippen molar-refractivity contribution >= 4 is 6.29 Å². The van der Waals surface area contributed by atoms with Crippen LogP contribution in [0.25, 0.3) is 22.3 Å². The molecule has 0 saturated carbocycles. The van der Waals surface area contributed by atoms with Gasteiger partial charge in [0, 0.05) is 16.7 Å². The molecule has 0 atom stereocenters. The van der Waals surface area contributed by atoms with E-state index in [1.807, 2.05) is 0 Å². The fourth-order valence-electron chi connectivity index (χ4n) is 2.47. The monoisotopic (exact) mass is 348 g/mol. The minimum Gasteiger partial charge on any atom is -0.298 e. The first-order valence-electron chi connectivity index (χ1n) is 7.10. The highest BCUT2D eigenvalue weighted by molar-refractivity contribution is 5.78. The lowest BCUT2D eigenvalue weighted by Crippen LogP contribution is -1.94. The maximum Gasteiger partial charge on any atom is 0.194 e. The normalized spacial score (nSPS) is 10.8. The molecule has 0 amide bonds. The van der Waals surface area contributed by atoms with Crippen LogP contribution in [0.2, 0.25) is 0 Å². The first-order valence-corrected chi connectivity index (χ1v) is 7.10. The van der Waals surface area contributed by atoms with Gasteiger partial charge in [0.1, 0.15) is 17.9 Å². The van der Waals surface area contributed by atoms with Gasteiger partial charge in [-0.25, -0.2) is 22.0 Å². The van der Waals surface area contributed by atoms with Crippen molar-refractivity contribution in [3.8, 4) is 22.3 Å². The summed E-state index contributed by atoms with van der Waals surface area (Å²) in [6, 6.07) is 8.63. The summed E-state index contributed by atoms with van der Waals surface area (Å²) in [5.41, 5.74) is 0.0334. The molecule has 0 aromatic heterocycles. The van der Waals surface area contributed by atoms with Gasteiger partial charge in [-0.05, 0) is 35.4 Å². The molecule has 3 aromatic carbocycles. The highest BCUT2D eigenvalue weighted by Crippen LogP contribution is 2.31. The van der Waals surface area contributed by atoms with E-state index in [0.29, 0.717) is 18.4 Å². The molecule has 0 saturated heterocycles. The lowest BCUT2D eigenvalue weighted by molar-refractivity contribution is 0.112. The molecule has 3 rings (SSSR count). The molecule has 0 unspecified atom stereocenters. The minimum atomic E-state index is -1.64. The quantitative estimate of drug-likeness (QED) is 0.346. The number of aldehydes is 1. The third kappa shape index (κ3) is 3.15. The van der Waals surface area contributed by atoms with Crippen molar-refractivity contribution in [3.63, 3.8) is 0 Å². The molecule has 3 aromatic rings. The van der Waals surface area contributed by atoms with Crippen molar-refractivity contribution in [2.45, 2.75) is 0 Å². The maximum absolute atomic E-state index is 14.3. The highest BCUT2D eigenvalue weighted by Gasteiger charge is 2.15. The second kappa shape index (κ2) is 6.47. The Kier molecular flexibility index (Phi) is 4.35. The van der Waals surface area contributed by atoms with E-state index in [4.69, 9.17) is 0 Å². The van der Waals surface area contributed by atoms with Gasteiger partial charge in [-0.2, -0.15) is 0 Å². The molecule has 25 heavy (non-hydrogen) atoms. The summed E-state index contributed by atoms with van der Waals surface area (Å²) in [6.45, 7) is 0. The number of rotatable bonds is 3. The summed E-state index contributed by atoms with van der Waals surface area (Å²) in [4.78, 5) is 10.6. The van der Waals surface area contributed by atoms with Crippen LogP contribution in [0.3, 0.4) is 0 Å². The Balaban J connectivity index is 2.06. The number of hydrogen-bond acceptors (Lipinski definition) is 1. The second-order valence-electron chi connectivity index (χ2n) is 5.31. The van der Waals surface area contributed by atoms with E-state index >= 15 is 0 Å². The van der Waals surface area contributed by atoms with Crippen molar-refractivity contribution in [2.75, 3.05) is 0 Å². The summed E-state index contributed by atoms with van der Waals surface area (Å²) in [5.74, 6) is -6.08. The fourth-order valence-corrected chi connectivity index (χ4v) is 2.47. The van der Waals surface area contributed by atoms with Gasteiger partial charge in [0.25, 0.3) is 0 Å². The summed E-state index contributed by atoms with van der Waals surface area (Å²) < 4.78 is 68.0. The molecule has 0 spiro atoms. The minimum absolute atomic E-state index is 0.0625. The molecule has 0 bridgehead atoms. The predicted octanol–water partition coefficient (Wildman–Crippen LogP) is 5.53. The fraction of sp³-hybridized carbons (Fsp3) is 0. The zero-order valence-corrected chi connectivity index (χ0v) is 12.5. The number of hydrogen-bond donors (Lipinski definition) is 0. The molecule has 6 heteroatoms. The smallest absolute Gasteiger partial charge is 0.194 e. The van der Waals surface area contributed by atoms with Gasteiger partial charge in [-0.15, -0.1) is 0 Å². The number of benzene rings is 3. The molecular weight excluding hydrogens is 339 g/mol. The van der Waals surface area contributed by atoms with E-state index in [1.165, 1.54) is 24.3 Å². The summed E-state index contributed by atoms with van der Waals surface area (Å²) >= 11 is 0. The van der Waals surface area contributed by atoms with Crippen LogP contribution >= 0.6 is 0 Å². The average Bonchev–Trinajstić information content (AvgIpc) is 2.59. The van der Waals surface area contributed by atoms with Crippen LogP contribution in [-0.4, -0.2) is 6.29 Å². The third-order valence-corrected chi connectivity index (χ3v) is 3.70. The Labute approximate surface area is 139 Å². The van der Waals surface area contributed by atoms with Gasteiger partial charge >= 0.3 is 0 Å². The molecule has 0 aliphatic heterocycles. The standard InChI is InChI=1S/C19H9F5O/c20-15-5-10(9-25)1-3-13(15)11-2-4-14(16(21)6-11)12-7-17(22)19(24)18(23)8-12/h1-9H. The molecular formula is C19H9F5O. The Hall–Kier alpha value is -3.02. The van der Waals surface area contributed by atoms with E-state index in [-0.39, 0.29) is 27.8 Å². The van der Waals surface area contributed by atoms with Crippen LogP contribution in [0.1, 0.15) is 10.4 Å². The predicted molar refractivity (Wildman–Crippen MR) is 82.5 cm³/mol. The Bertz CT molecular complexity index is 959. The van der Waals surface area contributed by atoms with Crippen molar-refractivity contribution in [2.24, 2.45) is 0 Å². The summed E-state index contributed by atoms with van der Waals surface area (Å²) in [5, 5.41) is 0. The highest BCUT2D eigenvalue weighted by atomic mass is 19.2. The zero-order valence-electron chi connectivity index (χ0n) is 12.5. The zero-order chi connectivity index (χ0) is 18.1. The largest absolute Gasteiger partial charge is 0.298 e. The lowest BCUT2D eigenvalue weighted by Gasteiger charge is -2.09. The molecule has 0 radical (unpaired) electrons. The number of halogens is 5. The molecule has 1 nitrogen and oxygen atoms in total. The van der Waals surface area contributed by atoms with Crippen molar-refractivity contribution in [3.05, 3.63) is 83.2 Å². The molecule has 0 N–H and O–H groups in total. The first kappa shape index (κ1) is 16.8. The van der Waals surface area contributed by atoms with E-state index in [1.54, 1.807) is 0 Å². The molecule has 0 fully saturated rings. The second-order valence-corrected chi connectivity index (χ2v) is 5.31. The van der Waals surface area contributed by atoms with Crippen LogP contribution in [-0.2, 0) is 0 Å². The first-order chi connectivity index (χ1) is 11.9. The van der Waals surface area contributed by atoms with Crippen LogP contribution in [0.5, 0.6) is 0 Å². The van der Waals surface area contributed by atoms with Crippen molar-refractivity contribution < 1.29 is 26.7 Å². The summed E-state index contributed by atoms with van der Waals surface area (Å²) in [6.07, 6.45) is 0.480. The van der Waals surface area contributed by atoms with E-state index in [9.17, 15) is 26.7 Å². The topological polar surface area (TPSA) is 17.1 Å². The van der Waals surface area contributed by atoms with Gasteiger partial charge in [0.2, 0.25) is 0 Å².